The minimum absolute atomic E-state index is 0.192. The maximum Gasteiger partial charge on any atom is 0.149 e. The van der Waals surface area contributed by atoms with E-state index in [-0.39, 0.29) is 5.17 Å². The Hall–Kier alpha value is -1.06. The normalized spacial score (nSPS) is 11.8. The largest absolute Gasteiger partial charge is 0.410 e. The van der Waals surface area contributed by atoms with Crippen LogP contribution in [0.5, 0.6) is 0 Å². The summed E-state index contributed by atoms with van der Waals surface area (Å²) in [5, 5.41) is 11.6. The summed E-state index contributed by atoms with van der Waals surface area (Å²) < 4.78 is 5.51. The lowest BCUT2D eigenvalue weighted by Crippen LogP contribution is -1.97. The fourth-order valence-corrected chi connectivity index (χ4v) is 1.55. The quantitative estimate of drug-likeness (QED) is 0.350. The fourth-order valence-electron chi connectivity index (χ4n) is 1.39. The number of oxime groups is 1. The molecule has 94 valence electrons. The molecule has 0 saturated heterocycles. The Balaban J connectivity index is 2.39. The number of rotatable bonds is 7. The molecule has 0 aromatic heterocycles. The first-order chi connectivity index (χ1) is 8.26. The molecule has 0 amide bonds. The number of benzene rings is 1. The minimum atomic E-state index is 0.192. The van der Waals surface area contributed by atoms with Gasteiger partial charge in [-0.05, 0) is 17.5 Å². The molecule has 0 aliphatic carbocycles. The molecule has 1 rings (SSSR count). The lowest BCUT2D eigenvalue weighted by atomic mass is 10.1. The van der Waals surface area contributed by atoms with E-state index < -0.39 is 0 Å². The zero-order chi connectivity index (χ0) is 12.5. The van der Waals surface area contributed by atoms with Crippen LogP contribution in [0.1, 0.15) is 30.9 Å². The summed E-state index contributed by atoms with van der Waals surface area (Å²) in [5.74, 6) is 0. The van der Waals surface area contributed by atoms with Gasteiger partial charge in [0.1, 0.15) is 5.17 Å². The van der Waals surface area contributed by atoms with Gasteiger partial charge >= 0.3 is 0 Å². The molecule has 1 aromatic rings. The standard InChI is InChI=1S/C13H18ClNO2/c1-2-3-8-17-10-12-6-4-11(5-7-12)9-13(14)15-16/h4-7,16H,2-3,8-10H2,1H3. The molecule has 0 radical (unpaired) electrons. The SMILES string of the molecule is CCCCOCc1ccc(CC(Cl)=NO)cc1. The van der Waals surface area contributed by atoms with Crippen molar-refractivity contribution in [3.05, 3.63) is 35.4 Å². The lowest BCUT2D eigenvalue weighted by Gasteiger charge is -2.04. The predicted octanol–water partition coefficient (Wildman–Crippen LogP) is 3.57. The molecule has 0 heterocycles. The Morgan fingerprint density at radius 1 is 1.29 bits per heavy atom. The van der Waals surface area contributed by atoms with Crippen LogP contribution in [0.4, 0.5) is 0 Å². The number of halogens is 1. The van der Waals surface area contributed by atoms with Crippen molar-refractivity contribution in [2.24, 2.45) is 5.16 Å². The zero-order valence-electron chi connectivity index (χ0n) is 10.0. The molecule has 0 fully saturated rings. The van der Waals surface area contributed by atoms with Gasteiger partial charge in [-0.25, -0.2) is 0 Å². The van der Waals surface area contributed by atoms with Crippen molar-refractivity contribution in [2.45, 2.75) is 32.8 Å². The smallest absolute Gasteiger partial charge is 0.149 e. The molecule has 17 heavy (non-hydrogen) atoms. The van der Waals surface area contributed by atoms with Crippen molar-refractivity contribution in [1.29, 1.82) is 0 Å². The van der Waals surface area contributed by atoms with Gasteiger partial charge in [0.15, 0.2) is 0 Å². The summed E-state index contributed by atoms with van der Waals surface area (Å²) in [6.45, 7) is 3.59. The van der Waals surface area contributed by atoms with Gasteiger partial charge in [0.2, 0.25) is 0 Å². The van der Waals surface area contributed by atoms with Crippen molar-refractivity contribution in [3.8, 4) is 0 Å². The second-order valence-electron chi connectivity index (χ2n) is 3.88. The van der Waals surface area contributed by atoms with Gasteiger partial charge in [-0.15, -0.1) is 0 Å². The van der Waals surface area contributed by atoms with E-state index in [0.717, 1.165) is 30.6 Å². The van der Waals surface area contributed by atoms with Crippen LogP contribution >= 0.6 is 11.6 Å². The topological polar surface area (TPSA) is 41.8 Å². The van der Waals surface area contributed by atoms with E-state index in [2.05, 4.69) is 12.1 Å². The summed E-state index contributed by atoms with van der Waals surface area (Å²) in [6, 6.07) is 7.93. The number of hydrogen-bond donors (Lipinski definition) is 1. The molecule has 1 N–H and O–H groups in total. The van der Waals surface area contributed by atoms with E-state index in [4.69, 9.17) is 21.5 Å². The van der Waals surface area contributed by atoms with Crippen molar-refractivity contribution >= 4 is 16.8 Å². The van der Waals surface area contributed by atoms with Gasteiger partial charge in [0.05, 0.1) is 6.61 Å². The molecule has 0 unspecified atom stereocenters. The van der Waals surface area contributed by atoms with E-state index in [9.17, 15) is 0 Å². The Morgan fingerprint density at radius 2 is 1.94 bits per heavy atom. The van der Waals surface area contributed by atoms with E-state index in [1.807, 2.05) is 24.3 Å². The number of unbranched alkanes of at least 4 members (excludes halogenated alkanes) is 1. The van der Waals surface area contributed by atoms with E-state index in [0.29, 0.717) is 13.0 Å². The Kier molecular flexibility index (Phi) is 6.67. The van der Waals surface area contributed by atoms with Gasteiger partial charge in [-0.2, -0.15) is 0 Å². The van der Waals surface area contributed by atoms with Gasteiger partial charge in [-0.1, -0.05) is 54.4 Å². The number of ether oxygens (including phenoxy) is 1. The average molecular weight is 256 g/mol. The number of hydrogen-bond acceptors (Lipinski definition) is 3. The van der Waals surface area contributed by atoms with Crippen LogP contribution in [-0.4, -0.2) is 17.0 Å². The van der Waals surface area contributed by atoms with Crippen LogP contribution in [0.2, 0.25) is 0 Å². The monoisotopic (exact) mass is 255 g/mol. The van der Waals surface area contributed by atoms with Crippen LogP contribution in [0.3, 0.4) is 0 Å². The van der Waals surface area contributed by atoms with Gasteiger partial charge in [-0.3, -0.25) is 0 Å². The highest BCUT2D eigenvalue weighted by atomic mass is 35.5. The van der Waals surface area contributed by atoms with Crippen LogP contribution in [0.25, 0.3) is 0 Å². The highest BCUT2D eigenvalue weighted by molar-refractivity contribution is 6.65. The highest BCUT2D eigenvalue weighted by Crippen LogP contribution is 2.08. The minimum Gasteiger partial charge on any atom is -0.410 e. The molecule has 0 saturated carbocycles. The summed E-state index contributed by atoms with van der Waals surface area (Å²) >= 11 is 5.63. The maximum absolute atomic E-state index is 8.45. The first kappa shape index (κ1) is 14.0. The molecule has 3 nitrogen and oxygen atoms in total. The van der Waals surface area contributed by atoms with Crippen LogP contribution in [-0.2, 0) is 17.8 Å². The molecule has 4 heteroatoms. The Labute approximate surface area is 107 Å². The molecule has 0 bridgehead atoms. The summed E-state index contributed by atoms with van der Waals surface area (Å²) in [5.41, 5.74) is 2.16. The van der Waals surface area contributed by atoms with Crippen LogP contribution in [0.15, 0.2) is 29.4 Å². The third-order valence-electron chi connectivity index (χ3n) is 2.39. The van der Waals surface area contributed by atoms with Crippen molar-refractivity contribution in [2.75, 3.05) is 6.61 Å². The predicted molar refractivity (Wildman–Crippen MR) is 69.8 cm³/mol. The molecule has 0 aliphatic heterocycles. The van der Waals surface area contributed by atoms with Crippen molar-refractivity contribution in [1.82, 2.24) is 0 Å². The molecular weight excluding hydrogens is 238 g/mol. The number of nitrogens with zero attached hydrogens (tertiary/aromatic N) is 1. The second kappa shape index (κ2) is 8.09. The maximum atomic E-state index is 8.45. The molecule has 0 atom stereocenters. The fraction of sp³-hybridized carbons (Fsp3) is 0.462. The second-order valence-corrected chi connectivity index (χ2v) is 4.31. The van der Waals surface area contributed by atoms with Crippen LogP contribution in [0, 0.1) is 0 Å². The molecular formula is C13H18ClNO2. The van der Waals surface area contributed by atoms with Gasteiger partial charge in [0, 0.05) is 13.0 Å². The zero-order valence-corrected chi connectivity index (χ0v) is 10.8. The molecule has 0 aliphatic rings. The first-order valence-corrected chi connectivity index (χ1v) is 6.16. The lowest BCUT2D eigenvalue weighted by molar-refractivity contribution is 0.118. The third kappa shape index (κ3) is 5.71. The van der Waals surface area contributed by atoms with Crippen molar-refractivity contribution < 1.29 is 9.94 Å². The summed E-state index contributed by atoms with van der Waals surface area (Å²) in [6.07, 6.45) is 2.70. The van der Waals surface area contributed by atoms with E-state index in [1.54, 1.807) is 0 Å². The van der Waals surface area contributed by atoms with Crippen LogP contribution < -0.4 is 0 Å². The van der Waals surface area contributed by atoms with Crippen molar-refractivity contribution in [3.63, 3.8) is 0 Å². The Bertz CT molecular complexity index is 349. The molecule has 1 aromatic carbocycles. The molecule has 0 spiro atoms. The first-order valence-electron chi connectivity index (χ1n) is 5.78. The van der Waals surface area contributed by atoms with E-state index in [1.165, 1.54) is 0 Å². The van der Waals surface area contributed by atoms with Gasteiger partial charge in [0.25, 0.3) is 0 Å². The highest BCUT2D eigenvalue weighted by Gasteiger charge is 1.99. The third-order valence-corrected chi connectivity index (χ3v) is 2.60. The summed E-state index contributed by atoms with van der Waals surface area (Å²) in [4.78, 5) is 0. The van der Waals surface area contributed by atoms with E-state index >= 15 is 0 Å². The average Bonchev–Trinajstić information content (AvgIpc) is 2.36. The Morgan fingerprint density at radius 3 is 2.53 bits per heavy atom. The summed E-state index contributed by atoms with van der Waals surface area (Å²) in [7, 11) is 0. The van der Waals surface area contributed by atoms with Gasteiger partial charge < -0.3 is 9.94 Å².